The predicted octanol–water partition coefficient (Wildman–Crippen LogP) is 6.91. The van der Waals surface area contributed by atoms with E-state index in [2.05, 4.69) is 28.4 Å². The molecule has 1 N–H and O–H groups in total. The summed E-state index contributed by atoms with van der Waals surface area (Å²) in [5.74, 6) is -0.148. The monoisotopic (exact) mass is 526 g/mol. The van der Waals surface area contributed by atoms with Crippen molar-refractivity contribution >= 4 is 28.5 Å². The van der Waals surface area contributed by atoms with Crippen LogP contribution in [0.4, 0.5) is 0 Å². The summed E-state index contributed by atoms with van der Waals surface area (Å²) in [5, 5.41) is 3.95. The average Bonchev–Trinajstić information content (AvgIpc) is 2.94. The van der Waals surface area contributed by atoms with E-state index in [9.17, 15) is 9.59 Å². The van der Waals surface area contributed by atoms with Gasteiger partial charge in [-0.15, -0.1) is 0 Å². The van der Waals surface area contributed by atoms with Gasteiger partial charge in [-0.05, 0) is 91.7 Å². The highest BCUT2D eigenvalue weighted by atomic mass is 35.5. The zero-order valence-corrected chi connectivity index (χ0v) is 22.1. The van der Waals surface area contributed by atoms with Crippen LogP contribution >= 0.6 is 11.6 Å². The third-order valence-electron chi connectivity index (χ3n) is 7.87. The Hall–Kier alpha value is -3.41. The summed E-state index contributed by atoms with van der Waals surface area (Å²) < 4.78 is 5.69. The molecule has 1 amide bonds. The fourth-order valence-electron chi connectivity index (χ4n) is 5.89. The van der Waals surface area contributed by atoms with Crippen molar-refractivity contribution in [3.8, 4) is 11.1 Å². The number of benzene rings is 3. The Morgan fingerprint density at radius 3 is 2.71 bits per heavy atom. The third-order valence-corrected chi connectivity index (χ3v) is 8.18. The van der Waals surface area contributed by atoms with Crippen molar-refractivity contribution in [3.05, 3.63) is 104 Å². The van der Waals surface area contributed by atoms with Crippen LogP contribution in [-0.2, 0) is 13.0 Å². The number of piperidine rings is 1. The van der Waals surface area contributed by atoms with E-state index in [1.807, 2.05) is 6.07 Å². The van der Waals surface area contributed by atoms with Crippen LogP contribution < -0.4 is 10.7 Å². The lowest BCUT2D eigenvalue weighted by Gasteiger charge is -2.29. The number of carbonyl (C=O) groups excluding carboxylic acids is 1. The lowest BCUT2D eigenvalue weighted by Crippen LogP contribution is -2.31. The van der Waals surface area contributed by atoms with E-state index in [0.717, 1.165) is 25.8 Å². The van der Waals surface area contributed by atoms with Crippen molar-refractivity contribution in [2.75, 3.05) is 13.1 Å². The molecule has 3 aromatic carbocycles. The van der Waals surface area contributed by atoms with Crippen LogP contribution in [0.1, 0.15) is 65.2 Å². The van der Waals surface area contributed by atoms with Crippen LogP contribution in [0.5, 0.6) is 0 Å². The Bertz CT molecular complexity index is 1550. The van der Waals surface area contributed by atoms with E-state index in [1.54, 1.807) is 36.4 Å². The van der Waals surface area contributed by atoms with E-state index in [-0.39, 0.29) is 17.4 Å². The summed E-state index contributed by atoms with van der Waals surface area (Å²) >= 11 is 6.29. The van der Waals surface area contributed by atoms with Gasteiger partial charge >= 0.3 is 0 Å². The average molecular weight is 527 g/mol. The summed E-state index contributed by atoms with van der Waals surface area (Å²) in [5.41, 5.74) is 5.66. The molecular formula is C32H31ClN2O3. The van der Waals surface area contributed by atoms with Gasteiger partial charge in [0.15, 0.2) is 0 Å². The van der Waals surface area contributed by atoms with E-state index in [4.69, 9.17) is 16.0 Å². The Balaban J connectivity index is 1.22. The number of halogens is 1. The first-order valence-electron chi connectivity index (χ1n) is 13.5. The van der Waals surface area contributed by atoms with Crippen molar-refractivity contribution < 1.29 is 9.21 Å². The smallest absolute Gasteiger partial charge is 0.251 e. The van der Waals surface area contributed by atoms with Gasteiger partial charge in [0, 0.05) is 12.1 Å². The maximum Gasteiger partial charge on any atom is 0.251 e. The fourth-order valence-corrected chi connectivity index (χ4v) is 6.15. The molecule has 38 heavy (non-hydrogen) atoms. The van der Waals surface area contributed by atoms with Crippen LogP contribution in [0.15, 0.2) is 76.1 Å². The van der Waals surface area contributed by atoms with Crippen LogP contribution in [0, 0.1) is 0 Å². The molecule has 194 valence electrons. The normalized spacial score (nSPS) is 17.8. The van der Waals surface area contributed by atoms with E-state index in [1.165, 1.54) is 55.3 Å². The van der Waals surface area contributed by atoms with Crippen molar-refractivity contribution in [1.29, 1.82) is 0 Å². The quantitative estimate of drug-likeness (QED) is 0.307. The van der Waals surface area contributed by atoms with Gasteiger partial charge < -0.3 is 9.73 Å². The minimum Gasteiger partial charge on any atom is -0.463 e. The molecule has 1 atom stereocenters. The molecule has 0 bridgehead atoms. The molecule has 5 nitrogen and oxygen atoms in total. The molecule has 0 saturated carbocycles. The second kappa shape index (κ2) is 10.8. The molecule has 1 saturated heterocycles. The maximum atomic E-state index is 13.3. The molecule has 2 heterocycles. The number of aryl methyl sites for hydroxylation is 1. The molecular weight excluding hydrogens is 496 g/mol. The SMILES string of the molecule is O=C(N[C@@H]1CCCc2cc(CN3CCCCC3)ccc21)c1cccc(-c2coc3cccc(Cl)c3c2=O)c1. The Kier molecular flexibility index (Phi) is 7.05. The van der Waals surface area contributed by atoms with Crippen molar-refractivity contribution in [2.45, 2.75) is 51.1 Å². The molecule has 1 fully saturated rings. The first-order valence-corrected chi connectivity index (χ1v) is 13.9. The maximum absolute atomic E-state index is 13.3. The molecule has 6 rings (SSSR count). The molecule has 6 heteroatoms. The van der Waals surface area contributed by atoms with Crippen molar-refractivity contribution in [3.63, 3.8) is 0 Å². The summed E-state index contributed by atoms with van der Waals surface area (Å²) in [6, 6.07) is 19.0. The molecule has 1 aliphatic heterocycles. The van der Waals surface area contributed by atoms with Crippen LogP contribution in [0.25, 0.3) is 22.1 Å². The van der Waals surface area contributed by atoms with Gasteiger partial charge in [-0.25, -0.2) is 0 Å². The molecule has 2 aliphatic rings. The number of nitrogens with one attached hydrogen (secondary N) is 1. The summed E-state index contributed by atoms with van der Waals surface area (Å²) in [6.45, 7) is 3.37. The minimum atomic E-state index is -0.212. The van der Waals surface area contributed by atoms with Crippen molar-refractivity contribution in [2.24, 2.45) is 0 Å². The number of rotatable bonds is 5. The largest absolute Gasteiger partial charge is 0.463 e. The van der Waals surface area contributed by atoms with Gasteiger partial charge in [0.05, 0.1) is 22.0 Å². The van der Waals surface area contributed by atoms with E-state index >= 15 is 0 Å². The first-order chi connectivity index (χ1) is 18.6. The summed E-state index contributed by atoms with van der Waals surface area (Å²) in [6.07, 6.45) is 8.37. The Morgan fingerprint density at radius 2 is 1.84 bits per heavy atom. The van der Waals surface area contributed by atoms with E-state index < -0.39 is 0 Å². The topological polar surface area (TPSA) is 62.6 Å². The number of hydrogen-bond donors (Lipinski definition) is 1. The molecule has 4 aromatic rings. The number of carbonyl (C=O) groups is 1. The molecule has 0 radical (unpaired) electrons. The summed E-state index contributed by atoms with van der Waals surface area (Å²) in [4.78, 5) is 29.1. The van der Waals surface area contributed by atoms with Crippen LogP contribution in [0.3, 0.4) is 0 Å². The molecule has 0 unspecified atom stereocenters. The van der Waals surface area contributed by atoms with Gasteiger partial charge in [-0.3, -0.25) is 14.5 Å². The molecule has 1 aromatic heterocycles. The van der Waals surface area contributed by atoms with Gasteiger partial charge in [0.1, 0.15) is 11.8 Å². The standard InChI is InChI=1S/C32H31ClN2O3/c33-27-10-6-12-29-30(27)31(36)26(20-38-29)23-7-4-9-24(18-23)32(37)34-28-11-5-8-22-17-21(13-14-25(22)28)19-35-15-2-1-3-16-35/h4,6-7,9-10,12-14,17-18,20,28H,1-3,5,8,11,15-16,19H2,(H,34,37)/t28-/m1/s1. The van der Waals surface area contributed by atoms with Gasteiger partial charge in [0.25, 0.3) is 5.91 Å². The minimum absolute atomic E-state index is 0.0245. The third kappa shape index (κ3) is 5.01. The lowest BCUT2D eigenvalue weighted by atomic mass is 9.86. The van der Waals surface area contributed by atoms with Gasteiger partial charge in [0.2, 0.25) is 5.43 Å². The lowest BCUT2D eigenvalue weighted by molar-refractivity contribution is 0.0932. The van der Waals surface area contributed by atoms with Crippen molar-refractivity contribution in [1.82, 2.24) is 10.2 Å². The fraction of sp³-hybridized carbons (Fsp3) is 0.312. The first kappa shape index (κ1) is 24.9. The van der Waals surface area contributed by atoms with Gasteiger partial charge in [-0.1, -0.05) is 54.4 Å². The number of likely N-dealkylation sites (tertiary alicyclic amines) is 1. The second-order valence-corrected chi connectivity index (χ2v) is 10.9. The van der Waals surface area contributed by atoms with E-state index in [0.29, 0.717) is 32.7 Å². The number of fused-ring (bicyclic) bond motifs is 2. The highest BCUT2D eigenvalue weighted by molar-refractivity contribution is 6.35. The number of hydrogen-bond acceptors (Lipinski definition) is 4. The zero-order valence-electron chi connectivity index (χ0n) is 21.3. The number of nitrogens with zero attached hydrogens (tertiary/aromatic N) is 1. The summed E-state index contributed by atoms with van der Waals surface area (Å²) in [7, 11) is 0. The molecule has 0 spiro atoms. The highest BCUT2D eigenvalue weighted by Crippen LogP contribution is 2.32. The second-order valence-electron chi connectivity index (χ2n) is 10.5. The van der Waals surface area contributed by atoms with Gasteiger partial charge in [-0.2, -0.15) is 0 Å². The zero-order chi connectivity index (χ0) is 26.1. The predicted molar refractivity (Wildman–Crippen MR) is 152 cm³/mol. The Labute approximate surface area is 227 Å². The molecule has 1 aliphatic carbocycles. The number of amides is 1. The highest BCUT2D eigenvalue weighted by Gasteiger charge is 2.23. The van der Waals surface area contributed by atoms with Crippen LogP contribution in [-0.4, -0.2) is 23.9 Å². The van der Waals surface area contributed by atoms with Crippen LogP contribution in [0.2, 0.25) is 5.02 Å². The Morgan fingerprint density at radius 1 is 1.00 bits per heavy atom.